The molecular weight excluding hydrogens is 519 g/mol. The van der Waals surface area contributed by atoms with Crippen molar-refractivity contribution >= 4 is 34.5 Å². The van der Waals surface area contributed by atoms with Crippen LogP contribution in [-0.4, -0.2) is 36.4 Å². The number of carbonyl (C=O) groups is 2. The number of esters is 2. The fourth-order valence-corrected chi connectivity index (χ4v) is 4.25. The number of benzene rings is 1. The van der Waals surface area contributed by atoms with Gasteiger partial charge in [0.05, 0.1) is 6.61 Å². The number of aliphatic hydroxyl groups is 1. The molecule has 1 N–H and O–H groups in total. The van der Waals surface area contributed by atoms with E-state index < -0.39 is 12.1 Å². The highest BCUT2D eigenvalue weighted by atomic mass is 127. The van der Waals surface area contributed by atoms with E-state index in [4.69, 9.17) is 14.6 Å². The summed E-state index contributed by atoms with van der Waals surface area (Å²) in [5, 5.41) is 9.15. The Bertz CT molecular complexity index is 634. The van der Waals surface area contributed by atoms with Crippen molar-refractivity contribution in [3.63, 3.8) is 0 Å². The lowest BCUT2D eigenvalue weighted by molar-refractivity contribution is -0.160. The van der Waals surface area contributed by atoms with Crippen molar-refractivity contribution in [3.8, 4) is 0 Å². The van der Waals surface area contributed by atoms with Crippen LogP contribution in [0.15, 0.2) is 24.3 Å². The van der Waals surface area contributed by atoms with E-state index >= 15 is 0 Å². The standard InChI is InChI=1S/C26H41IO5/c1-22(29)31-21-25(20-28)32-26(30)18-13-11-9-7-5-3-2-4-6-8-10-12-15-23-16-14-17-24(27)19-23/h14,16-17,19,25,28H,2-13,15,18,20-21H2,1H3. The molecule has 0 aliphatic heterocycles. The minimum atomic E-state index is -0.765. The van der Waals surface area contributed by atoms with Gasteiger partial charge in [-0.05, 0) is 59.5 Å². The molecule has 0 aliphatic rings. The van der Waals surface area contributed by atoms with E-state index in [0.717, 1.165) is 19.3 Å². The molecule has 5 nitrogen and oxygen atoms in total. The molecule has 0 bridgehead atoms. The molecular formula is C26H41IO5. The van der Waals surface area contributed by atoms with Crippen molar-refractivity contribution in [2.45, 2.75) is 103 Å². The fraction of sp³-hybridized carbons (Fsp3) is 0.692. The minimum Gasteiger partial charge on any atom is -0.462 e. The third kappa shape index (κ3) is 16.5. The lowest BCUT2D eigenvalue weighted by Crippen LogP contribution is -2.28. The number of hydrogen-bond acceptors (Lipinski definition) is 5. The molecule has 0 saturated heterocycles. The van der Waals surface area contributed by atoms with Crippen LogP contribution in [0.25, 0.3) is 0 Å². The summed E-state index contributed by atoms with van der Waals surface area (Å²) < 4.78 is 11.2. The first-order valence-electron chi connectivity index (χ1n) is 12.2. The van der Waals surface area contributed by atoms with Crippen LogP contribution in [-0.2, 0) is 25.5 Å². The summed E-state index contributed by atoms with van der Waals surface area (Å²) >= 11 is 2.38. The van der Waals surface area contributed by atoms with E-state index in [2.05, 4.69) is 46.9 Å². The second kappa shape index (κ2) is 19.3. The van der Waals surface area contributed by atoms with Gasteiger partial charge < -0.3 is 14.6 Å². The molecule has 6 heteroatoms. The van der Waals surface area contributed by atoms with Gasteiger partial charge in [0.15, 0.2) is 6.10 Å². The molecule has 0 heterocycles. The van der Waals surface area contributed by atoms with Gasteiger partial charge in [0.1, 0.15) is 6.61 Å². The van der Waals surface area contributed by atoms with Crippen LogP contribution in [0.4, 0.5) is 0 Å². The molecule has 1 rings (SSSR count). The molecule has 0 amide bonds. The van der Waals surface area contributed by atoms with Gasteiger partial charge >= 0.3 is 11.9 Å². The summed E-state index contributed by atoms with van der Waals surface area (Å²) in [6.45, 7) is 0.849. The third-order valence-electron chi connectivity index (χ3n) is 5.46. The van der Waals surface area contributed by atoms with Crippen molar-refractivity contribution < 1.29 is 24.2 Å². The van der Waals surface area contributed by atoms with Gasteiger partial charge in [-0.25, -0.2) is 0 Å². The highest BCUT2D eigenvalue weighted by Gasteiger charge is 2.14. The molecule has 1 aromatic carbocycles. The molecule has 1 unspecified atom stereocenters. The predicted molar refractivity (Wildman–Crippen MR) is 136 cm³/mol. The number of hydrogen-bond donors (Lipinski definition) is 1. The molecule has 0 aromatic heterocycles. The molecule has 0 fully saturated rings. The van der Waals surface area contributed by atoms with Crippen molar-refractivity contribution in [3.05, 3.63) is 33.4 Å². The van der Waals surface area contributed by atoms with Crippen LogP contribution < -0.4 is 0 Å². The van der Waals surface area contributed by atoms with Gasteiger partial charge in [0.2, 0.25) is 0 Å². The second-order valence-corrected chi connectivity index (χ2v) is 9.72. The summed E-state index contributed by atoms with van der Waals surface area (Å²) in [6.07, 6.45) is 15.5. The SMILES string of the molecule is CC(=O)OCC(CO)OC(=O)CCCCCCCCCCCCCCc1cccc(I)c1. The second-order valence-electron chi connectivity index (χ2n) is 8.47. The Morgan fingerprint density at radius 3 is 2.00 bits per heavy atom. The Kier molecular flexibility index (Phi) is 17.4. The Labute approximate surface area is 207 Å². The van der Waals surface area contributed by atoms with Gasteiger partial charge in [0.25, 0.3) is 0 Å². The highest BCUT2D eigenvalue weighted by molar-refractivity contribution is 14.1. The molecule has 32 heavy (non-hydrogen) atoms. The number of halogens is 1. The first-order chi connectivity index (χ1) is 15.5. The fourth-order valence-electron chi connectivity index (χ4n) is 3.64. The average molecular weight is 561 g/mol. The van der Waals surface area contributed by atoms with Gasteiger partial charge in [-0.3, -0.25) is 9.59 Å². The van der Waals surface area contributed by atoms with Crippen LogP contribution in [0.3, 0.4) is 0 Å². The van der Waals surface area contributed by atoms with Crippen molar-refractivity contribution in [1.29, 1.82) is 0 Å². The number of aryl methyl sites for hydroxylation is 1. The van der Waals surface area contributed by atoms with E-state index in [1.54, 1.807) is 0 Å². The number of carbonyl (C=O) groups excluding carboxylic acids is 2. The van der Waals surface area contributed by atoms with E-state index in [1.165, 1.54) is 80.3 Å². The van der Waals surface area contributed by atoms with Crippen LogP contribution in [0.2, 0.25) is 0 Å². The maximum atomic E-state index is 11.8. The topological polar surface area (TPSA) is 72.8 Å². The highest BCUT2D eigenvalue weighted by Crippen LogP contribution is 2.15. The van der Waals surface area contributed by atoms with E-state index in [1.807, 2.05) is 0 Å². The normalized spacial score (nSPS) is 11.8. The molecule has 182 valence electrons. The first kappa shape index (κ1) is 28.9. The van der Waals surface area contributed by atoms with E-state index in [9.17, 15) is 9.59 Å². The molecule has 0 radical (unpaired) electrons. The van der Waals surface area contributed by atoms with Gasteiger partial charge in [-0.1, -0.05) is 76.3 Å². The summed E-state index contributed by atoms with van der Waals surface area (Å²) in [4.78, 5) is 22.5. The largest absolute Gasteiger partial charge is 0.462 e. The van der Waals surface area contributed by atoms with E-state index in [0.29, 0.717) is 6.42 Å². The Morgan fingerprint density at radius 1 is 0.906 bits per heavy atom. The van der Waals surface area contributed by atoms with Crippen LogP contribution in [0.5, 0.6) is 0 Å². The molecule has 0 saturated carbocycles. The zero-order chi connectivity index (χ0) is 23.4. The Morgan fingerprint density at radius 2 is 1.47 bits per heavy atom. The smallest absolute Gasteiger partial charge is 0.306 e. The summed E-state index contributed by atoms with van der Waals surface area (Å²) in [5.41, 5.74) is 1.46. The number of ether oxygens (including phenoxy) is 2. The maximum Gasteiger partial charge on any atom is 0.306 e. The third-order valence-corrected chi connectivity index (χ3v) is 6.13. The van der Waals surface area contributed by atoms with Gasteiger partial charge in [-0.2, -0.15) is 0 Å². The zero-order valence-corrected chi connectivity index (χ0v) is 21.8. The Hall–Kier alpha value is -1.15. The molecule has 1 atom stereocenters. The summed E-state index contributed by atoms with van der Waals surface area (Å²) in [6, 6.07) is 8.81. The van der Waals surface area contributed by atoms with Crippen LogP contribution in [0.1, 0.15) is 96.0 Å². The van der Waals surface area contributed by atoms with Crippen LogP contribution >= 0.6 is 22.6 Å². The average Bonchev–Trinajstić information content (AvgIpc) is 2.76. The minimum absolute atomic E-state index is 0.0925. The van der Waals surface area contributed by atoms with Gasteiger partial charge in [0, 0.05) is 16.9 Å². The zero-order valence-electron chi connectivity index (χ0n) is 19.7. The lowest BCUT2D eigenvalue weighted by Gasteiger charge is -2.15. The lowest BCUT2D eigenvalue weighted by atomic mass is 10.0. The number of rotatable bonds is 19. The first-order valence-corrected chi connectivity index (χ1v) is 13.3. The molecule has 0 aliphatic carbocycles. The molecule has 0 spiro atoms. The Balaban J connectivity index is 1.84. The maximum absolute atomic E-state index is 11.8. The predicted octanol–water partition coefficient (Wildman–Crippen LogP) is 6.37. The van der Waals surface area contributed by atoms with Gasteiger partial charge in [-0.15, -0.1) is 0 Å². The monoisotopic (exact) mass is 560 g/mol. The van der Waals surface area contributed by atoms with Crippen LogP contribution in [0, 0.1) is 3.57 Å². The molecule has 1 aromatic rings. The summed E-state index contributed by atoms with van der Waals surface area (Å²) in [5.74, 6) is -0.789. The number of aliphatic hydroxyl groups excluding tert-OH is 1. The van der Waals surface area contributed by atoms with Crippen molar-refractivity contribution in [2.75, 3.05) is 13.2 Å². The quantitative estimate of drug-likeness (QED) is 0.121. The summed E-state index contributed by atoms with van der Waals surface area (Å²) in [7, 11) is 0. The number of unbranched alkanes of at least 4 members (excludes halogenated alkanes) is 11. The van der Waals surface area contributed by atoms with E-state index in [-0.39, 0.29) is 19.2 Å². The van der Waals surface area contributed by atoms with Crippen molar-refractivity contribution in [2.24, 2.45) is 0 Å². The van der Waals surface area contributed by atoms with Crippen molar-refractivity contribution in [1.82, 2.24) is 0 Å².